The van der Waals surface area contributed by atoms with E-state index < -0.39 is 0 Å². The largest absolute Gasteiger partial charge is 0.350 e. The second-order valence-corrected chi connectivity index (χ2v) is 4.97. The van der Waals surface area contributed by atoms with Crippen LogP contribution in [0.1, 0.15) is 25.5 Å². The molecule has 0 aliphatic carbocycles. The van der Waals surface area contributed by atoms with Gasteiger partial charge in [-0.3, -0.25) is 13.9 Å². The van der Waals surface area contributed by atoms with Crippen molar-refractivity contribution in [3.8, 4) is 0 Å². The average Bonchev–Trinajstić information content (AvgIpc) is 2.79. The topological polar surface area (TPSA) is 56.0 Å². The van der Waals surface area contributed by atoms with Crippen LogP contribution < -0.4 is 11.0 Å². The van der Waals surface area contributed by atoms with Crippen molar-refractivity contribution in [2.45, 2.75) is 33.0 Å². The average molecular weight is 273 g/mol. The molecule has 0 radical (unpaired) electrons. The van der Waals surface area contributed by atoms with Gasteiger partial charge in [0.25, 0.3) is 0 Å². The van der Waals surface area contributed by atoms with Crippen LogP contribution in [0.3, 0.4) is 0 Å². The molecule has 2 rings (SSSR count). The number of benzene rings is 1. The molecule has 0 atom stereocenters. The number of rotatable bonds is 5. The third-order valence-corrected chi connectivity index (χ3v) is 3.08. The van der Waals surface area contributed by atoms with Gasteiger partial charge < -0.3 is 5.32 Å². The predicted molar refractivity (Wildman–Crippen MR) is 77.4 cm³/mol. The molecule has 1 heterocycles. The Labute approximate surface area is 117 Å². The van der Waals surface area contributed by atoms with E-state index in [1.165, 1.54) is 4.57 Å². The number of imidazole rings is 1. The third kappa shape index (κ3) is 3.38. The van der Waals surface area contributed by atoms with Crippen LogP contribution in [0.25, 0.3) is 0 Å². The summed E-state index contributed by atoms with van der Waals surface area (Å²) in [6, 6.07) is 9.77. The summed E-state index contributed by atoms with van der Waals surface area (Å²) in [5.41, 5.74) is 0.878. The maximum absolute atomic E-state index is 12.0. The highest BCUT2D eigenvalue weighted by Gasteiger charge is 2.09. The van der Waals surface area contributed by atoms with E-state index in [9.17, 15) is 9.59 Å². The van der Waals surface area contributed by atoms with Gasteiger partial charge in [0.15, 0.2) is 0 Å². The molecule has 0 aliphatic heterocycles. The van der Waals surface area contributed by atoms with Gasteiger partial charge in [0.05, 0.1) is 0 Å². The Kier molecular flexibility index (Phi) is 4.40. The van der Waals surface area contributed by atoms with E-state index in [-0.39, 0.29) is 24.2 Å². The van der Waals surface area contributed by atoms with Crippen LogP contribution in [0.15, 0.2) is 47.5 Å². The van der Waals surface area contributed by atoms with E-state index in [4.69, 9.17) is 0 Å². The van der Waals surface area contributed by atoms with E-state index in [2.05, 4.69) is 5.32 Å². The molecule has 2 aromatic rings. The summed E-state index contributed by atoms with van der Waals surface area (Å²) in [6.07, 6.45) is 3.35. The summed E-state index contributed by atoms with van der Waals surface area (Å²) in [6.45, 7) is 4.38. The minimum absolute atomic E-state index is 0.0470. The number of aromatic nitrogens is 2. The highest BCUT2D eigenvalue weighted by molar-refractivity contribution is 5.75. The van der Waals surface area contributed by atoms with E-state index in [1.807, 2.05) is 44.2 Å². The quantitative estimate of drug-likeness (QED) is 0.898. The minimum atomic E-state index is -0.169. The molecule has 0 unspecified atom stereocenters. The summed E-state index contributed by atoms with van der Waals surface area (Å²) >= 11 is 0. The Hall–Kier alpha value is -2.30. The second-order valence-electron chi connectivity index (χ2n) is 4.97. The van der Waals surface area contributed by atoms with Gasteiger partial charge in [-0.25, -0.2) is 4.79 Å². The lowest BCUT2D eigenvalue weighted by Gasteiger charge is -2.06. The molecule has 0 aliphatic rings. The van der Waals surface area contributed by atoms with Crippen LogP contribution >= 0.6 is 0 Å². The van der Waals surface area contributed by atoms with E-state index in [0.717, 1.165) is 5.56 Å². The van der Waals surface area contributed by atoms with E-state index >= 15 is 0 Å². The van der Waals surface area contributed by atoms with Gasteiger partial charge in [0.1, 0.15) is 6.54 Å². The Balaban J connectivity index is 1.94. The first-order chi connectivity index (χ1) is 9.58. The maximum Gasteiger partial charge on any atom is 0.328 e. The Morgan fingerprint density at radius 3 is 2.50 bits per heavy atom. The van der Waals surface area contributed by atoms with Gasteiger partial charge in [-0.1, -0.05) is 30.3 Å². The smallest absolute Gasteiger partial charge is 0.328 e. The van der Waals surface area contributed by atoms with Crippen molar-refractivity contribution in [3.05, 3.63) is 58.8 Å². The van der Waals surface area contributed by atoms with Gasteiger partial charge in [0, 0.05) is 25.0 Å². The molecule has 20 heavy (non-hydrogen) atoms. The molecule has 0 saturated heterocycles. The van der Waals surface area contributed by atoms with Crippen molar-refractivity contribution in [1.82, 2.24) is 14.5 Å². The summed E-state index contributed by atoms with van der Waals surface area (Å²) in [5.74, 6) is -0.169. The fraction of sp³-hybridized carbons (Fsp3) is 0.333. The summed E-state index contributed by atoms with van der Waals surface area (Å²) in [5, 5.41) is 2.81. The van der Waals surface area contributed by atoms with Crippen molar-refractivity contribution in [1.29, 1.82) is 0 Å². The second kappa shape index (κ2) is 6.23. The fourth-order valence-electron chi connectivity index (χ4n) is 1.95. The monoisotopic (exact) mass is 273 g/mol. The normalized spacial score (nSPS) is 10.8. The maximum atomic E-state index is 12.0. The van der Waals surface area contributed by atoms with Crippen LogP contribution in [0.5, 0.6) is 0 Å². The summed E-state index contributed by atoms with van der Waals surface area (Å²) < 4.78 is 3.02. The zero-order valence-electron chi connectivity index (χ0n) is 11.7. The third-order valence-electron chi connectivity index (χ3n) is 3.08. The first kappa shape index (κ1) is 14.1. The first-order valence-electron chi connectivity index (χ1n) is 6.66. The molecule has 5 heteroatoms. The van der Waals surface area contributed by atoms with Crippen molar-refractivity contribution in [3.63, 3.8) is 0 Å². The molecule has 0 spiro atoms. The highest BCUT2D eigenvalue weighted by Crippen LogP contribution is 1.99. The number of carbonyl (C=O) groups excluding carboxylic acids is 1. The van der Waals surface area contributed by atoms with Gasteiger partial charge in [-0.05, 0) is 19.4 Å². The van der Waals surface area contributed by atoms with Crippen LogP contribution in [0.4, 0.5) is 0 Å². The lowest BCUT2D eigenvalue weighted by atomic mass is 10.2. The molecule has 0 saturated carbocycles. The van der Waals surface area contributed by atoms with E-state index in [1.54, 1.807) is 17.0 Å². The number of amides is 1. The zero-order chi connectivity index (χ0) is 14.5. The standard InChI is InChI=1S/C15H19N3O2/c1-12(2)18-9-8-17(15(18)20)11-14(19)16-10-13-6-4-3-5-7-13/h3-9,12H,10-11H2,1-2H3,(H,16,19). The summed E-state index contributed by atoms with van der Waals surface area (Å²) in [4.78, 5) is 23.8. The minimum Gasteiger partial charge on any atom is -0.350 e. The van der Waals surface area contributed by atoms with Crippen molar-refractivity contribution in [2.75, 3.05) is 0 Å². The Morgan fingerprint density at radius 1 is 1.20 bits per heavy atom. The molecule has 0 bridgehead atoms. The number of nitrogens with zero attached hydrogens (tertiary/aromatic N) is 2. The highest BCUT2D eigenvalue weighted by atomic mass is 16.2. The van der Waals surface area contributed by atoms with Crippen molar-refractivity contribution >= 4 is 5.91 Å². The number of carbonyl (C=O) groups is 1. The molecular weight excluding hydrogens is 254 g/mol. The molecule has 0 fully saturated rings. The van der Waals surface area contributed by atoms with Crippen LogP contribution in [0, 0.1) is 0 Å². The number of hydrogen-bond acceptors (Lipinski definition) is 2. The van der Waals surface area contributed by atoms with Gasteiger partial charge >= 0.3 is 5.69 Å². The Morgan fingerprint density at radius 2 is 1.90 bits per heavy atom. The Bertz CT molecular complexity index is 626. The predicted octanol–water partition coefficient (Wildman–Crippen LogP) is 1.55. The molecule has 106 valence electrons. The molecule has 1 N–H and O–H groups in total. The van der Waals surface area contributed by atoms with E-state index in [0.29, 0.717) is 6.54 Å². The number of nitrogens with one attached hydrogen (secondary N) is 1. The van der Waals surface area contributed by atoms with Crippen LogP contribution in [-0.4, -0.2) is 15.0 Å². The van der Waals surface area contributed by atoms with Crippen molar-refractivity contribution in [2.24, 2.45) is 0 Å². The fourth-order valence-corrected chi connectivity index (χ4v) is 1.95. The van der Waals surface area contributed by atoms with Crippen LogP contribution in [0.2, 0.25) is 0 Å². The lowest BCUT2D eigenvalue weighted by Crippen LogP contribution is -2.33. The molecular formula is C15H19N3O2. The van der Waals surface area contributed by atoms with Gasteiger partial charge in [0.2, 0.25) is 5.91 Å². The molecule has 1 aromatic carbocycles. The van der Waals surface area contributed by atoms with Gasteiger partial charge in [-0.2, -0.15) is 0 Å². The SMILES string of the molecule is CC(C)n1ccn(CC(=O)NCc2ccccc2)c1=O. The first-order valence-corrected chi connectivity index (χ1v) is 6.66. The summed E-state index contributed by atoms with van der Waals surface area (Å²) in [7, 11) is 0. The molecule has 1 aromatic heterocycles. The van der Waals surface area contributed by atoms with Crippen molar-refractivity contribution < 1.29 is 4.79 Å². The molecule has 5 nitrogen and oxygen atoms in total. The zero-order valence-corrected chi connectivity index (χ0v) is 11.7. The van der Waals surface area contributed by atoms with Crippen LogP contribution in [-0.2, 0) is 17.9 Å². The number of hydrogen-bond donors (Lipinski definition) is 1. The lowest BCUT2D eigenvalue weighted by molar-refractivity contribution is -0.121. The van der Waals surface area contributed by atoms with Gasteiger partial charge in [-0.15, -0.1) is 0 Å². The molecule has 1 amide bonds.